The maximum absolute atomic E-state index is 9.55. The summed E-state index contributed by atoms with van der Waals surface area (Å²) in [5, 5.41) is 9.55. The van der Waals surface area contributed by atoms with Gasteiger partial charge in [-0.3, -0.25) is 4.99 Å². The average Bonchev–Trinajstić information content (AvgIpc) is 2.76. The molecule has 0 saturated carbocycles. The summed E-state index contributed by atoms with van der Waals surface area (Å²) < 4.78 is 12.1. The first-order valence-electron chi connectivity index (χ1n) is 7.70. The summed E-state index contributed by atoms with van der Waals surface area (Å²) >= 11 is 0. The van der Waals surface area contributed by atoms with Crippen LogP contribution in [-0.4, -0.2) is 37.4 Å². The van der Waals surface area contributed by atoms with Crippen molar-refractivity contribution < 1.29 is 9.31 Å². The molecule has 0 radical (unpaired) electrons. The van der Waals surface area contributed by atoms with Crippen LogP contribution in [0.25, 0.3) is 0 Å². The average molecular weight is 309 g/mol. The normalized spacial score (nSPS) is 27.9. The molecule has 1 saturated heterocycles. The topological polar surface area (TPSA) is 67.0 Å². The van der Waals surface area contributed by atoms with Gasteiger partial charge >= 0.3 is 7.12 Å². The quantitative estimate of drug-likeness (QED) is 0.783. The Hall–Kier alpha value is -1.97. The molecule has 0 amide bonds. The number of hydrogen-bond donors (Lipinski definition) is 0. The van der Waals surface area contributed by atoms with Crippen molar-refractivity contribution in [1.82, 2.24) is 0 Å². The molecule has 1 unspecified atom stereocenters. The van der Waals surface area contributed by atoms with Gasteiger partial charge in [-0.15, -0.1) is 0 Å². The molecule has 3 rings (SSSR count). The van der Waals surface area contributed by atoms with Crippen molar-refractivity contribution in [2.24, 2.45) is 9.98 Å². The zero-order valence-corrected chi connectivity index (χ0v) is 13.9. The smallest absolute Gasteiger partial charge is 0.399 e. The molecule has 2 aliphatic heterocycles. The van der Waals surface area contributed by atoms with Gasteiger partial charge in [0.25, 0.3) is 0 Å². The predicted molar refractivity (Wildman–Crippen MR) is 91.3 cm³/mol. The van der Waals surface area contributed by atoms with E-state index in [1.807, 2.05) is 52.0 Å². The van der Waals surface area contributed by atoms with Crippen LogP contribution in [0.5, 0.6) is 0 Å². The van der Waals surface area contributed by atoms with E-state index in [4.69, 9.17) is 9.31 Å². The van der Waals surface area contributed by atoms with Crippen LogP contribution >= 0.6 is 0 Å². The van der Waals surface area contributed by atoms with Gasteiger partial charge < -0.3 is 9.31 Å². The van der Waals surface area contributed by atoms with E-state index >= 15 is 0 Å². The van der Waals surface area contributed by atoms with Crippen molar-refractivity contribution in [2.45, 2.75) is 44.3 Å². The summed E-state index contributed by atoms with van der Waals surface area (Å²) in [7, 11) is -0.398. The minimum Gasteiger partial charge on any atom is -0.399 e. The summed E-state index contributed by atoms with van der Waals surface area (Å²) in [5.41, 5.74) is 0.297. The highest BCUT2D eigenvalue weighted by Gasteiger charge is 2.51. The third-order valence-corrected chi connectivity index (χ3v) is 4.93. The van der Waals surface area contributed by atoms with E-state index in [1.54, 1.807) is 6.21 Å². The first-order valence-corrected chi connectivity index (χ1v) is 7.70. The lowest BCUT2D eigenvalue weighted by atomic mass is 9.76. The van der Waals surface area contributed by atoms with Crippen molar-refractivity contribution in [3.05, 3.63) is 29.8 Å². The van der Waals surface area contributed by atoms with Crippen LogP contribution in [0.2, 0.25) is 0 Å². The Bertz CT molecular complexity index is 688. The third kappa shape index (κ3) is 2.60. The Morgan fingerprint density at radius 1 is 1.09 bits per heavy atom. The molecular weight excluding hydrogens is 289 g/mol. The lowest BCUT2D eigenvalue weighted by molar-refractivity contribution is 0.00578. The van der Waals surface area contributed by atoms with Gasteiger partial charge in [0.1, 0.15) is 11.8 Å². The second kappa shape index (κ2) is 5.29. The van der Waals surface area contributed by atoms with Crippen molar-refractivity contribution in [3.63, 3.8) is 0 Å². The highest BCUT2D eigenvalue weighted by Crippen LogP contribution is 2.36. The summed E-state index contributed by atoms with van der Waals surface area (Å²) in [6.45, 7) is 8.51. The molecule has 5 nitrogen and oxygen atoms in total. The van der Waals surface area contributed by atoms with Gasteiger partial charge in [0.15, 0.2) is 0 Å². The second-order valence-electron chi connectivity index (χ2n) is 7.03. The monoisotopic (exact) mass is 309 g/mol. The van der Waals surface area contributed by atoms with Crippen molar-refractivity contribution in [2.75, 3.05) is 6.54 Å². The standard InChI is InChI=1S/C17H20BN3O2/c1-15(2)16(3,4)23-18(22-15)14-7-5-13(6-8-14)17(9-19)10-20-12-21-11-17/h5-8,10,12H,11H2,1-4H3. The maximum atomic E-state index is 9.55. The van der Waals surface area contributed by atoms with Crippen LogP contribution in [0.3, 0.4) is 0 Å². The molecule has 118 valence electrons. The zero-order chi connectivity index (χ0) is 16.7. The number of hydrogen-bond acceptors (Lipinski definition) is 5. The number of nitriles is 1. The molecule has 2 heterocycles. The summed E-state index contributed by atoms with van der Waals surface area (Å²) in [6.07, 6.45) is 3.14. The second-order valence-corrected chi connectivity index (χ2v) is 7.03. The molecule has 6 heteroatoms. The van der Waals surface area contributed by atoms with Crippen LogP contribution in [0.1, 0.15) is 33.3 Å². The maximum Gasteiger partial charge on any atom is 0.494 e. The molecule has 0 aliphatic carbocycles. The molecule has 23 heavy (non-hydrogen) atoms. The molecule has 1 aromatic rings. The Labute approximate surface area is 137 Å². The van der Waals surface area contributed by atoms with Crippen LogP contribution < -0.4 is 5.46 Å². The fourth-order valence-electron chi connectivity index (χ4n) is 2.64. The van der Waals surface area contributed by atoms with Crippen molar-refractivity contribution >= 4 is 25.1 Å². The molecule has 1 aromatic carbocycles. The van der Waals surface area contributed by atoms with E-state index in [0.29, 0.717) is 6.54 Å². The molecule has 0 N–H and O–H groups in total. The highest BCUT2D eigenvalue weighted by molar-refractivity contribution is 6.62. The minimum atomic E-state index is -0.788. The molecule has 1 fully saturated rings. The lowest BCUT2D eigenvalue weighted by Gasteiger charge is -2.32. The molecule has 0 bridgehead atoms. The molecule has 0 aromatic heterocycles. The van der Waals surface area contributed by atoms with Crippen LogP contribution in [0.15, 0.2) is 34.3 Å². The number of rotatable bonds is 2. The minimum absolute atomic E-state index is 0.366. The Morgan fingerprint density at radius 2 is 1.70 bits per heavy atom. The van der Waals surface area contributed by atoms with Crippen LogP contribution in [-0.2, 0) is 14.7 Å². The van der Waals surface area contributed by atoms with E-state index < -0.39 is 12.5 Å². The third-order valence-electron chi connectivity index (χ3n) is 4.93. The van der Waals surface area contributed by atoms with Gasteiger partial charge in [0, 0.05) is 6.21 Å². The Balaban J connectivity index is 1.85. The summed E-state index contributed by atoms with van der Waals surface area (Å²) in [4.78, 5) is 8.15. The number of nitrogens with zero attached hydrogens (tertiary/aromatic N) is 3. The van der Waals surface area contributed by atoms with Crippen molar-refractivity contribution in [3.8, 4) is 6.07 Å². The molecule has 0 spiro atoms. The predicted octanol–water partition coefficient (Wildman–Crippen LogP) is 1.86. The SMILES string of the molecule is CC1(C)OB(c2ccc(C3(C#N)C=NC=NC3)cc2)OC1(C)C. The van der Waals surface area contributed by atoms with Crippen LogP contribution in [0, 0.1) is 11.3 Å². The lowest BCUT2D eigenvalue weighted by Crippen LogP contribution is -2.41. The van der Waals surface area contributed by atoms with Gasteiger partial charge in [-0.05, 0) is 38.7 Å². The fourth-order valence-corrected chi connectivity index (χ4v) is 2.64. The largest absolute Gasteiger partial charge is 0.494 e. The van der Waals surface area contributed by atoms with E-state index in [2.05, 4.69) is 16.1 Å². The zero-order valence-electron chi connectivity index (χ0n) is 13.9. The first-order chi connectivity index (χ1) is 10.8. The highest BCUT2D eigenvalue weighted by atomic mass is 16.7. The van der Waals surface area contributed by atoms with Crippen molar-refractivity contribution in [1.29, 1.82) is 5.26 Å². The van der Waals surface area contributed by atoms with Gasteiger partial charge in [-0.2, -0.15) is 5.26 Å². The Kier molecular flexibility index (Phi) is 3.66. The van der Waals surface area contributed by atoms with E-state index in [1.165, 1.54) is 6.34 Å². The Morgan fingerprint density at radius 3 is 2.17 bits per heavy atom. The van der Waals surface area contributed by atoms with Gasteiger partial charge in [0.05, 0.1) is 23.8 Å². The first kappa shape index (κ1) is 15.9. The summed E-state index contributed by atoms with van der Waals surface area (Å²) in [5.74, 6) is 0. The van der Waals surface area contributed by atoms with E-state index in [9.17, 15) is 5.26 Å². The van der Waals surface area contributed by atoms with E-state index in [0.717, 1.165) is 11.0 Å². The molecule has 1 atom stereocenters. The fraction of sp³-hybridized carbons (Fsp3) is 0.471. The van der Waals surface area contributed by atoms with Gasteiger partial charge in [0.2, 0.25) is 0 Å². The van der Waals surface area contributed by atoms with Crippen LogP contribution in [0.4, 0.5) is 0 Å². The molecular formula is C17H20BN3O2. The van der Waals surface area contributed by atoms with Gasteiger partial charge in [-0.25, -0.2) is 4.99 Å². The number of benzene rings is 1. The molecule has 2 aliphatic rings. The number of aliphatic imine (C=N–C) groups is 2. The van der Waals surface area contributed by atoms with Gasteiger partial charge in [-0.1, -0.05) is 24.3 Å². The van der Waals surface area contributed by atoms with E-state index in [-0.39, 0.29) is 11.2 Å². The summed E-state index contributed by atoms with van der Waals surface area (Å²) in [6, 6.07) is 10.1.